The Morgan fingerprint density at radius 3 is 2.26 bits per heavy atom. The molecule has 1 nitrogen and oxygen atoms in total. The van der Waals surface area contributed by atoms with Crippen LogP contribution >= 0.6 is 0 Å². The third-order valence-electron chi connectivity index (χ3n) is 6.15. The number of hydrogen-bond donors (Lipinski definition) is 1. The molecular weight excluding hydrogens is 230 g/mol. The molecule has 1 N–H and O–H groups in total. The Morgan fingerprint density at radius 1 is 1.16 bits per heavy atom. The van der Waals surface area contributed by atoms with Crippen LogP contribution < -0.4 is 5.32 Å². The normalized spacial score (nSPS) is 49.3. The minimum absolute atomic E-state index is 0.522. The number of hydrogen-bond acceptors (Lipinski definition) is 1. The van der Waals surface area contributed by atoms with E-state index in [1.165, 1.54) is 44.9 Å². The van der Waals surface area contributed by atoms with Gasteiger partial charge in [0.25, 0.3) is 0 Å². The predicted molar refractivity (Wildman–Crippen MR) is 82.1 cm³/mol. The second-order valence-corrected chi connectivity index (χ2v) is 8.73. The van der Waals surface area contributed by atoms with Gasteiger partial charge < -0.3 is 5.32 Å². The van der Waals surface area contributed by atoms with Gasteiger partial charge in [-0.1, -0.05) is 26.8 Å². The molecule has 0 amide bonds. The van der Waals surface area contributed by atoms with Crippen LogP contribution in [0.1, 0.15) is 65.7 Å². The standard InChI is InChI=1S/C18H31N/c1-5-15(19-6-2)10-18-9-14-7-16(3,12-18)11-17(4,8-14)13-18/h5,14-15,19H,1,6-13H2,2-4H3. The van der Waals surface area contributed by atoms with E-state index in [1.54, 1.807) is 0 Å². The second kappa shape index (κ2) is 4.35. The first-order valence-electron chi connectivity index (χ1n) is 8.26. The molecule has 0 heterocycles. The summed E-state index contributed by atoms with van der Waals surface area (Å²) in [5, 5.41) is 3.61. The second-order valence-electron chi connectivity index (χ2n) is 8.73. The zero-order valence-electron chi connectivity index (χ0n) is 13.1. The summed E-state index contributed by atoms with van der Waals surface area (Å²) in [6, 6.07) is 0.522. The topological polar surface area (TPSA) is 12.0 Å². The van der Waals surface area contributed by atoms with Crippen molar-refractivity contribution in [3.05, 3.63) is 12.7 Å². The van der Waals surface area contributed by atoms with Crippen molar-refractivity contribution in [1.82, 2.24) is 5.32 Å². The Morgan fingerprint density at radius 2 is 1.79 bits per heavy atom. The van der Waals surface area contributed by atoms with Crippen molar-refractivity contribution in [1.29, 1.82) is 0 Å². The average Bonchev–Trinajstić information content (AvgIpc) is 2.22. The van der Waals surface area contributed by atoms with Crippen LogP contribution in [0.25, 0.3) is 0 Å². The largest absolute Gasteiger partial charge is 0.311 e. The van der Waals surface area contributed by atoms with E-state index in [0.717, 1.165) is 12.5 Å². The molecular formula is C18H31N. The molecule has 3 unspecified atom stereocenters. The quantitative estimate of drug-likeness (QED) is 0.717. The monoisotopic (exact) mass is 261 g/mol. The lowest BCUT2D eigenvalue weighted by Gasteiger charge is -2.66. The van der Waals surface area contributed by atoms with Crippen LogP contribution in [0.5, 0.6) is 0 Å². The maximum atomic E-state index is 4.05. The fourth-order valence-corrected chi connectivity index (χ4v) is 6.88. The van der Waals surface area contributed by atoms with Crippen LogP contribution in [-0.4, -0.2) is 12.6 Å². The highest BCUT2D eigenvalue weighted by Gasteiger charge is 2.59. The third kappa shape index (κ3) is 2.39. The van der Waals surface area contributed by atoms with Crippen molar-refractivity contribution < 1.29 is 0 Å². The van der Waals surface area contributed by atoms with Gasteiger partial charge >= 0.3 is 0 Å². The zero-order valence-corrected chi connectivity index (χ0v) is 13.1. The molecule has 0 spiro atoms. The lowest BCUT2D eigenvalue weighted by Crippen LogP contribution is -2.56. The number of rotatable bonds is 5. The maximum absolute atomic E-state index is 4.05. The molecule has 0 aromatic carbocycles. The molecule has 4 bridgehead atoms. The molecule has 19 heavy (non-hydrogen) atoms. The summed E-state index contributed by atoms with van der Waals surface area (Å²) in [6.07, 6.45) is 12.4. The van der Waals surface area contributed by atoms with E-state index in [1.807, 2.05) is 0 Å². The van der Waals surface area contributed by atoms with Crippen LogP contribution in [-0.2, 0) is 0 Å². The highest BCUT2D eigenvalue weighted by atomic mass is 14.9. The average molecular weight is 261 g/mol. The molecule has 0 aliphatic heterocycles. The first kappa shape index (κ1) is 13.7. The molecule has 0 aromatic heterocycles. The van der Waals surface area contributed by atoms with Gasteiger partial charge in [0.2, 0.25) is 0 Å². The summed E-state index contributed by atoms with van der Waals surface area (Å²) in [5.74, 6) is 1.01. The Kier molecular flexibility index (Phi) is 3.13. The van der Waals surface area contributed by atoms with Crippen LogP contribution in [0.3, 0.4) is 0 Å². The fraction of sp³-hybridized carbons (Fsp3) is 0.889. The van der Waals surface area contributed by atoms with Crippen LogP contribution in [0.4, 0.5) is 0 Å². The fourth-order valence-electron chi connectivity index (χ4n) is 6.88. The SMILES string of the molecule is C=CC(CC12CC3CC(C)(CC(C)(C3)C1)C2)NCC. The minimum atomic E-state index is 0.522. The summed E-state index contributed by atoms with van der Waals surface area (Å²) >= 11 is 0. The lowest BCUT2D eigenvalue weighted by molar-refractivity contribution is -0.148. The van der Waals surface area contributed by atoms with Gasteiger partial charge in [-0.3, -0.25) is 0 Å². The van der Waals surface area contributed by atoms with E-state index in [2.05, 4.69) is 38.7 Å². The molecule has 3 atom stereocenters. The molecule has 0 aromatic rings. The summed E-state index contributed by atoms with van der Waals surface area (Å²) in [7, 11) is 0. The first-order valence-corrected chi connectivity index (χ1v) is 8.26. The maximum Gasteiger partial charge on any atom is 0.0252 e. The van der Waals surface area contributed by atoms with Crippen molar-refractivity contribution in [2.24, 2.45) is 22.2 Å². The summed E-state index contributed by atoms with van der Waals surface area (Å²) in [6.45, 7) is 12.5. The number of nitrogens with one attached hydrogen (secondary N) is 1. The summed E-state index contributed by atoms with van der Waals surface area (Å²) in [4.78, 5) is 0. The van der Waals surface area contributed by atoms with Gasteiger partial charge in [0.1, 0.15) is 0 Å². The Balaban J connectivity index is 1.82. The highest BCUT2D eigenvalue weighted by molar-refractivity contribution is 5.11. The minimum Gasteiger partial charge on any atom is -0.311 e. The van der Waals surface area contributed by atoms with Gasteiger partial charge in [-0.25, -0.2) is 0 Å². The molecule has 108 valence electrons. The van der Waals surface area contributed by atoms with Crippen molar-refractivity contribution in [3.63, 3.8) is 0 Å². The van der Waals surface area contributed by atoms with Gasteiger partial charge in [-0.15, -0.1) is 6.58 Å². The van der Waals surface area contributed by atoms with Gasteiger partial charge in [0, 0.05) is 6.04 Å². The molecule has 4 saturated carbocycles. The first-order chi connectivity index (χ1) is 8.90. The van der Waals surface area contributed by atoms with Gasteiger partial charge in [-0.05, 0) is 73.7 Å². The van der Waals surface area contributed by atoms with E-state index in [9.17, 15) is 0 Å². The third-order valence-corrected chi connectivity index (χ3v) is 6.15. The van der Waals surface area contributed by atoms with E-state index in [4.69, 9.17) is 0 Å². The number of likely N-dealkylation sites (N-methyl/N-ethyl adjacent to an activating group) is 1. The summed E-state index contributed by atoms with van der Waals surface area (Å²) in [5.41, 5.74) is 1.90. The van der Waals surface area contributed by atoms with Gasteiger partial charge in [-0.2, -0.15) is 0 Å². The molecule has 4 fully saturated rings. The van der Waals surface area contributed by atoms with Crippen LogP contribution in [0.15, 0.2) is 12.7 Å². The molecule has 4 rings (SSSR count). The van der Waals surface area contributed by atoms with Crippen LogP contribution in [0.2, 0.25) is 0 Å². The predicted octanol–water partition coefficient (Wildman–Crippen LogP) is 4.54. The van der Waals surface area contributed by atoms with E-state index < -0.39 is 0 Å². The van der Waals surface area contributed by atoms with Crippen LogP contribution in [0, 0.1) is 22.2 Å². The zero-order chi connectivity index (χ0) is 13.7. The van der Waals surface area contributed by atoms with E-state index >= 15 is 0 Å². The molecule has 1 heteroatoms. The Bertz CT molecular complexity index is 354. The smallest absolute Gasteiger partial charge is 0.0252 e. The van der Waals surface area contributed by atoms with Crippen molar-refractivity contribution in [2.75, 3.05) is 6.54 Å². The van der Waals surface area contributed by atoms with Crippen molar-refractivity contribution >= 4 is 0 Å². The van der Waals surface area contributed by atoms with E-state index in [0.29, 0.717) is 22.3 Å². The van der Waals surface area contributed by atoms with Crippen molar-refractivity contribution in [3.8, 4) is 0 Å². The lowest BCUT2D eigenvalue weighted by atomic mass is 9.39. The molecule has 4 aliphatic rings. The molecule has 0 radical (unpaired) electrons. The van der Waals surface area contributed by atoms with Gasteiger partial charge in [0.15, 0.2) is 0 Å². The summed E-state index contributed by atoms with van der Waals surface area (Å²) < 4.78 is 0. The molecule has 4 aliphatic carbocycles. The molecule has 0 saturated heterocycles. The highest BCUT2D eigenvalue weighted by Crippen LogP contribution is 2.70. The van der Waals surface area contributed by atoms with Crippen molar-refractivity contribution in [2.45, 2.75) is 71.8 Å². The van der Waals surface area contributed by atoms with E-state index in [-0.39, 0.29) is 0 Å². The Hall–Kier alpha value is -0.300. The van der Waals surface area contributed by atoms with Gasteiger partial charge in [0.05, 0.1) is 0 Å². The Labute approximate surface area is 119 Å².